The lowest BCUT2D eigenvalue weighted by Gasteiger charge is -2.15. The minimum atomic E-state index is 0.0119. The third-order valence-electron chi connectivity index (χ3n) is 6.22. The standard InChI is InChI=1S/C29H28N6O2/c1-3-27-26(16-21-7-6-8-22(15-21)17-36)29(31-19(2)30-27)37-18-20-11-13-23(14-12-20)24-9-4-5-10-25(24)28-32-34-35-33-28/h4-15,36H,3,16-18H2,1-2H3,(H,32,33,34,35). The molecular weight excluding hydrogens is 464 g/mol. The molecule has 0 unspecified atom stereocenters. The fourth-order valence-corrected chi connectivity index (χ4v) is 4.40. The maximum Gasteiger partial charge on any atom is 0.220 e. The number of aliphatic hydroxyl groups is 1. The van der Waals surface area contributed by atoms with Crippen LogP contribution >= 0.6 is 0 Å². The lowest BCUT2D eigenvalue weighted by atomic mass is 9.98. The van der Waals surface area contributed by atoms with Crippen molar-refractivity contribution < 1.29 is 9.84 Å². The van der Waals surface area contributed by atoms with E-state index in [1.807, 2.05) is 49.4 Å². The lowest BCUT2D eigenvalue weighted by molar-refractivity contribution is 0.281. The second-order valence-corrected chi connectivity index (χ2v) is 8.79. The average molecular weight is 493 g/mol. The van der Waals surface area contributed by atoms with E-state index in [9.17, 15) is 5.11 Å². The lowest BCUT2D eigenvalue weighted by Crippen LogP contribution is -2.08. The van der Waals surface area contributed by atoms with Crippen molar-refractivity contribution in [2.45, 2.75) is 39.9 Å². The molecule has 0 spiro atoms. The van der Waals surface area contributed by atoms with Crippen LogP contribution in [0.4, 0.5) is 0 Å². The number of benzene rings is 3. The number of nitrogens with one attached hydrogen (secondary N) is 1. The van der Waals surface area contributed by atoms with Gasteiger partial charge in [-0.1, -0.05) is 79.7 Å². The highest BCUT2D eigenvalue weighted by molar-refractivity contribution is 5.80. The smallest absolute Gasteiger partial charge is 0.220 e. The number of hydrogen-bond donors (Lipinski definition) is 2. The molecule has 0 saturated heterocycles. The minimum Gasteiger partial charge on any atom is -0.472 e. The Hall–Kier alpha value is -4.43. The molecule has 0 fully saturated rings. The molecule has 0 bridgehead atoms. The number of nitrogens with zero attached hydrogens (tertiary/aromatic N) is 5. The Kier molecular flexibility index (Phi) is 7.28. The van der Waals surface area contributed by atoms with Gasteiger partial charge in [0.1, 0.15) is 12.4 Å². The molecule has 5 aromatic rings. The number of aromatic amines is 1. The van der Waals surface area contributed by atoms with Crippen molar-refractivity contribution in [2.24, 2.45) is 0 Å². The highest BCUT2D eigenvalue weighted by Gasteiger charge is 2.15. The zero-order valence-electron chi connectivity index (χ0n) is 20.8. The van der Waals surface area contributed by atoms with Crippen LogP contribution in [0.2, 0.25) is 0 Å². The Balaban J connectivity index is 1.37. The molecule has 37 heavy (non-hydrogen) atoms. The molecular formula is C29H28N6O2. The van der Waals surface area contributed by atoms with Crippen molar-refractivity contribution in [3.8, 4) is 28.4 Å². The molecule has 0 aliphatic rings. The second-order valence-electron chi connectivity index (χ2n) is 8.79. The van der Waals surface area contributed by atoms with Gasteiger partial charge in [-0.25, -0.2) is 10.1 Å². The average Bonchev–Trinajstić information content (AvgIpc) is 3.48. The molecule has 5 rings (SSSR count). The normalized spacial score (nSPS) is 11.0. The van der Waals surface area contributed by atoms with Gasteiger partial charge in [-0.15, -0.1) is 5.10 Å². The van der Waals surface area contributed by atoms with Gasteiger partial charge in [0.2, 0.25) is 5.88 Å². The van der Waals surface area contributed by atoms with Gasteiger partial charge in [0, 0.05) is 17.5 Å². The molecule has 3 aromatic carbocycles. The Morgan fingerprint density at radius 2 is 1.65 bits per heavy atom. The molecule has 0 aliphatic carbocycles. The van der Waals surface area contributed by atoms with Gasteiger partial charge in [0.15, 0.2) is 5.82 Å². The molecule has 0 amide bonds. The molecule has 2 aromatic heterocycles. The van der Waals surface area contributed by atoms with Gasteiger partial charge in [-0.3, -0.25) is 0 Å². The minimum absolute atomic E-state index is 0.0119. The number of H-pyrrole nitrogens is 1. The molecule has 0 aliphatic heterocycles. The summed E-state index contributed by atoms with van der Waals surface area (Å²) in [5.74, 6) is 1.92. The number of aliphatic hydroxyl groups excluding tert-OH is 1. The van der Waals surface area contributed by atoms with Crippen molar-refractivity contribution in [3.63, 3.8) is 0 Å². The maximum atomic E-state index is 9.53. The quantitative estimate of drug-likeness (QED) is 0.302. The molecule has 8 nitrogen and oxygen atoms in total. The summed E-state index contributed by atoms with van der Waals surface area (Å²) in [5.41, 5.74) is 8.00. The van der Waals surface area contributed by atoms with Crippen LogP contribution in [0.1, 0.15) is 40.7 Å². The summed E-state index contributed by atoms with van der Waals surface area (Å²) in [5, 5.41) is 23.8. The summed E-state index contributed by atoms with van der Waals surface area (Å²) < 4.78 is 6.27. The topological polar surface area (TPSA) is 110 Å². The summed E-state index contributed by atoms with van der Waals surface area (Å²) >= 11 is 0. The van der Waals surface area contributed by atoms with Crippen LogP contribution in [0.3, 0.4) is 0 Å². The van der Waals surface area contributed by atoms with E-state index in [0.29, 0.717) is 30.6 Å². The number of aryl methyl sites for hydroxylation is 2. The van der Waals surface area contributed by atoms with Gasteiger partial charge in [0.25, 0.3) is 0 Å². The Labute approximate surface area is 215 Å². The summed E-state index contributed by atoms with van der Waals surface area (Å²) in [6, 6.07) is 24.2. The largest absolute Gasteiger partial charge is 0.472 e. The van der Waals surface area contributed by atoms with Crippen molar-refractivity contribution in [1.29, 1.82) is 0 Å². The van der Waals surface area contributed by atoms with Crippen LogP contribution in [-0.4, -0.2) is 35.7 Å². The fourth-order valence-electron chi connectivity index (χ4n) is 4.40. The molecule has 0 atom stereocenters. The number of ether oxygens (including phenoxy) is 1. The van der Waals surface area contributed by atoms with Gasteiger partial charge in [-0.05, 0) is 51.6 Å². The van der Waals surface area contributed by atoms with Crippen LogP contribution in [0.25, 0.3) is 22.5 Å². The molecule has 2 heterocycles. The Morgan fingerprint density at radius 3 is 2.38 bits per heavy atom. The molecule has 2 N–H and O–H groups in total. The summed E-state index contributed by atoms with van der Waals surface area (Å²) in [4.78, 5) is 9.30. The third kappa shape index (κ3) is 5.54. The molecule has 8 heteroatoms. The SMILES string of the molecule is CCc1nc(C)nc(OCc2ccc(-c3ccccc3-c3nnn[nH]3)cc2)c1Cc1cccc(CO)c1. The number of aromatic nitrogens is 6. The summed E-state index contributed by atoms with van der Waals surface area (Å²) in [7, 11) is 0. The van der Waals surface area contributed by atoms with Crippen molar-refractivity contribution in [3.05, 3.63) is 107 Å². The monoisotopic (exact) mass is 492 g/mol. The maximum absolute atomic E-state index is 9.53. The highest BCUT2D eigenvalue weighted by atomic mass is 16.5. The Morgan fingerprint density at radius 1 is 0.865 bits per heavy atom. The zero-order valence-corrected chi connectivity index (χ0v) is 20.8. The summed E-state index contributed by atoms with van der Waals surface area (Å²) in [6.45, 7) is 4.37. The first-order chi connectivity index (χ1) is 18.1. The van der Waals surface area contributed by atoms with Crippen LogP contribution in [0, 0.1) is 6.92 Å². The molecule has 186 valence electrons. The van der Waals surface area contributed by atoms with Gasteiger partial charge >= 0.3 is 0 Å². The Bertz CT molecular complexity index is 1480. The van der Waals surface area contributed by atoms with E-state index in [-0.39, 0.29) is 6.61 Å². The van der Waals surface area contributed by atoms with Gasteiger partial charge in [0.05, 0.1) is 12.3 Å². The third-order valence-corrected chi connectivity index (χ3v) is 6.22. The zero-order chi connectivity index (χ0) is 25.6. The van der Waals surface area contributed by atoms with E-state index < -0.39 is 0 Å². The first kappa shape index (κ1) is 24.3. The number of tetrazole rings is 1. The van der Waals surface area contributed by atoms with Crippen molar-refractivity contribution in [1.82, 2.24) is 30.6 Å². The highest BCUT2D eigenvalue weighted by Crippen LogP contribution is 2.30. The number of hydrogen-bond acceptors (Lipinski definition) is 7. The van der Waals surface area contributed by atoms with Gasteiger partial charge in [-0.2, -0.15) is 4.98 Å². The first-order valence-corrected chi connectivity index (χ1v) is 12.2. The van der Waals surface area contributed by atoms with Crippen molar-refractivity contribution >= 4 is 0 Å². The molecule has 0 saturated carbocycles. The van der Waals surface area contributed by atoms with E-state index in [1.54, 1.807) is 0 Å². The van der Waals surface area contributed by atoms with E-state index in [0.717, 1.165) is 51.1 Å². The van der Waals surface area contributed by atoms with Crippen LogP contribution in [0.5, 0.6) is 5.88 Å². The fraction of sp³-hybridized carbons (Fsp3) is 0.207. The van der Waals surface area contributed by atoms with E-state index in [1.165, 1.54) is 0 Å². The van der Waals surface area contributed by atoms with E-state index >= 15 is 0 Å². The number of rotatable bonds is 9. The van der Waals surface area contributed by atoms with Crippen molar-refractivity contribution in [2.75, 3.05) is 0 Å². The van der Waals surface area contributed by atoms with Crippen LogP contribution < -0.4 is 4.74 Å². The van der Waals surface area contributed by atoms with Crippen LogP contribution in [-0.2, 0) is 26.1 Å². The second kappa shape index (κ2) is 11.1. The predicted octanol–water partition coefficient (Wildman–Crippen LogP) is 4.86. The predicted molar refractivity (Wildman–Crippen MR) is 141 cm³/mol. The molecule has 0 radical (unpaired) electrons. The first-order valence-electron chi connectivity index (χ1n) is 12.2. The van der Waals surface area contributed by atoms with E-state index in [4.69, 9.17) is 4.74 Å². The van der Waals surface area contributed by atoms with Crippen LogP contribution in [0.15, 0.2) is 72.8 Å². The van der Waals surface area contributed by atoms with E-state index in [2.05, 4.69) is 67.8 Å². The van der Waals surface area contributed by atoms with Gasteiger partial charge < -0.3 is 9.84 Å². The summed E-state index contributed by atoms with van der Waals surface area (Å²) in [6.07, 6.45) is 1.42.